The number of nitrogens with zero attached hydrogens (tertiary/aromatic N) is 5. The molecule has 0 aliphatic carbocycles. The quantitative estimate of drug-likeness (QED) is 0.853. The second-order valence-electron chi connectivity index (χ2n) is 5.24. The van der Waals surface area contributed by atoms with E-state index in [0.29, 0.717) is 25.3 Å². The standard InChI is InChI=1S/C13H14F3N7O/c1-7-6-8(13(14,15)16)20-12(19-7)18-3-2-9-21-22-10-11(24)17-4-5-23(9)10/h6H,2-5H2,1H3,(H,17,24)(H,18,19,20). The number of hydrogen-bond acceptors (Lipinski definition) is 6. The van der Waals surface area contributed by atoms with Gasteiger partial charge in [0.05, 0.1) is 0 Å². The van der Waals surface area contributed by atoms with Crippen LogP contribution in [0, 0.1) is 6.92 Å². The molecule has 0 bridgehead atoms. The molecule has 2 N–H and O–H groups in total. The zero-order chi connectivity index (χ0) is 17.3. The molecule has 1 aliphatic rings. The second kappa shape index (κ2) is 6.06. The van der Waals surface area contributed by atoms with E-state index >= 15 is 0 Å². The molecule has 2 aromatic rings. The van der Waals surface area contributed by atoms with Crippen molar-refractivity contribution in [3.63, 3.8) is 0 Å². The molecule has 24 heavy (non-hydrogen) atoms. The Morgan fingerprint density at radius 2 is 2.12 bits per heavy atom. The van der Waals surface area contributed by atoms with Gasteiger partial charge < -0.3 is 15.2 Å². The lowest BCUT2D eigenvalue weighted by atomic mass is 10.3. The minimum absolute atomic E-state index is 0.0987. The van der Waals surface area contributed by atoms with Gasteiger partial charge >= 0.3 is 6.18 Å². The molecular formula is C13H14F3N7O. The van der Waals surface area contributed by atoms with Crippen LogP contribution in [0.25, 0.3) is 0 Å². The number of halogens is 3. The van der Waals surface area contributed by atoms with E-state index in [0.717, 1.165) is 6.07 Å². The molecule has 0 aromatic carbocycles. The number of carbonyl (C=O) groups excluding carboxylic acids is 1. The Labute approximate surface area is 134 Å². The topological polar surface area (TPSA) is 97.6 Å². The van der Waals surface area contributed by atoms with Gasteiger partial charge in [-0.05, 0) is 13.0 Å². The van der Waals surface area contributed by atoms with Crippen molar-refractivity contribution in [1.82, 2.24) is 30.0 Å². The summed E-state index contributed by atoms with van der Waals surface area (Å²) in [6.07, 6.45) is -4.15. The molecule has 0 unspecified atom stereocenters. The fourth-order valence-corrected chi connectivity index (χ4v) is 2.36. The van der Waals surface area contributed by atoms with E-state index in [2.05, 4.69) is 30.8 Å². The number of fused-ring (bicyclic) bond motifs is 1. The summed E-state index contributed by atoms with van der Waals surface area (Å²) < 4.78 is 39.9. The summed E-state index contributed by atoms with van der Waals surface area (Å²) in [5.74, 6) is 0.432. The van der Waals surface area contributed by atoms with Gasteiger partial charge in [0.1, 0.15) is 11.5 Å². The molecule has 1 amide bonds. The van der Waals surface area contributed by atoms with Crippen molar-refractivity contribution in [3.05, 3.63) is 29.1 Å². The van der Waals surface area contributed by atoms with Crippen LogP contribution >= 0.6 is 0 Å². The molecule has 3 rings (SSSR count). The van der Waals surface area contributed by atoms with Gasteiger partial charge in [-0.25, -0.2) is 9.97 Å². The van der Waals surface area contributed by atoms with Crippen LogP contribution in [-0.2, 0) is 19.1 Å². The zero-order valence-corrected chi connectivity index (χ0v) is 12.7. The van der Waals surface area contributed by atoms with Crippen LogP contribution in [-0.4, -0.2) is 43.7 Å². The Morgan fingerprint density at radius 1 is 1.33 bits per heavy atom. The third kappa shape index (κ3) is 3.29. The number of aromatic nitrogens is 5. The third-order valence-corrected chi connectivity index (χ3v) is 3.43. The molecule has 3 heterocycles. The van der Waals surface area contributed by atoms with Crippen molar-refractivity contribution in [2.75, 3.05) is 18.4 Å². The van der Waals surface area contributed by atoms with Crippen molar-refractivity contribution >= 4 is 11.9 Å². The van der Waals surface area contributed by atoms with Crippen molar-refractivity contribution in [3.8, 4) is 0 Å². The molecule has 1 aliphatic heterocycles. The normalized spacial score (nSPS) is 14.2. The van der Waals surface area contributed by atoms with Crippen LogP contribution in [0.1, 0.15) is 27.8 Å². The highest BCUT2D eigenvalue weighted by Crippen LogP contribution is 2.28. The highest BCUT2D eigenvalue weighted by atomic mass is 19.4. The zero-order valence-electron chi connectivity index (χ0n) is 12.7. The van der Waals surface area contributed by atoms with E-state index in [-0.39, 0.29) is 29.9 Å². The first-order valence-corrected chi connectivity index (χ1v) is 7.21. The van der Waals surface area contributed by atoms with Crippen molar-refractivity contribution in [2.45, 2.75) is 26.1 Å². The van der Waals surface area contributed by atoms with E-state index in [1.54, 1.807) is 4.57 Å². The first-order valence-electron chi connectivity index (χ1n) is 7.21. The van der Waals surface area contributed by atoms with Crippen LogP contribution < -0.4 is 10.6 Å². The molecule has 0 spiro atoms. The number of carbonyl (C=O) groups is 1. The summed E-state index contributed by atoms with van der Waals surface area (Å²) >= 11 is 0. The minimum Gasteiger partial charge on any atom is -0.354 e. The number of aryl methyl sites for hydroxylation is 1. The average Bonchev–Trinajstić information content (AvgIpc) is 2.91. The van der Waals surface area contributed by atoms with Gasteiger partial charge in [0.25, 0.3) is 5.91 Å². The van der Waals surface area contributed by atoms with Crippen LogP contribution in [0.5, 0.6) is 0 Å². The van der Waals surface area contributed by atoms with Crippen molar-refractivity contribution < 1.29 is 18.0 Å². The van der Waals surface area contributed by atoms with Crippen LogP contribution in [0.4, 0.5) is 19.1 Å². The highest BCUT2D eigenvalue weighted by molar-refractivity contribution is 5.91. The number of anilines is 1. The summed E-state index contributed by atoms with van der Waals surface area (Å²) in [6, 6.07) is 0.888. The summed E-state index contributed by atoms with van der Waals surface area (Å²) in [4.78, 5) is 19.0. The lowest BCUT2D eigenvalue weighted by molar-refractivity contribution is -0.141. The van der Waals surface area contributed by atoms with Gasteiger partial charge in [-0.3, -0.25) is 4.79 Å². The van der Waals surface area contributed by atoms with Crippen molar-refractivity contribution in [1.29, 1.82) is 0 Å². The van der Waals surface area contributed by atoms with Crippen LogP contribution in [0.15, 0.2) is 6.07 Å². The highest BCUT2D eigenvalue weighted by Gasteiger charge is 2.33. The van der Waals surface area contributed by atoms with E-state index in [1.807, 2.05) is 0 Å². The molecule has 8 nitrogen and oxygen atoms in total. The molecule has 2 aromatic heterocycles. The predicted molar refractivity (Wildman–Crippen MR) is 76.3 cm³/mol. The minimum atomic E-state index is -4.52. The number of amides is 1. The summed E-state index contributed by atoms with van der Waals surface area (Å²) in [5.41, 5.74) is -0.773. The Morgan fingerprint density at radius 3 is 2.88 bits per heavy atom. The maximum absolute atomic E-state index is 12.7. The molecule has 0 fully saturated rings. The molecule has 0 radical (unpaired) electrons. The number of rotatable bonds is 4. The molecule has 0 atom stereocenters. The van der Waals surface area contributed by atoms with Crippen molar-refractivity contribution in [2.24, 2.45) is 0 Å². The van der Waals surface area contributed by atoms with Crippen LogP contribution in [0.3, 0.4) is 0 Å². The maximum atomic E-state index is 12.7. The lowest BCUT2D eigenvalue weighted by Gasteiger charge is -2.15. The fourth-order valence-electron chi connectivity index (χ4n) is 2.36. The maximum Gasteiger partial charge on any atom is 0.433 e. The number of alkyl halides is 3. The van der Waals surface area contributed by atoms with E-state index < -0.39 is 11.9 Å². The molecular weight excluding hydrogens is 327 g/mol. The van der Waals surface area contributed by atoms with Gasteiger partial charge in [-0.15, -0.1) is 10.2 Å². The molecule has 11 heteroatoms. The largest absolute Gasteiger partial charge is 0.433 e. The molecule has 0 saturated heterocycles. The van der Waals surface area contributed by atoms with Gasteiger partial charge in [-0.1, -0.05) is 0 Å². The summed E-state index contributed by atoms with van der Waals surface area (Å²) in [5, 5.41) is 13.2. The summed E-state index contributed by atoms with van der Waals surface area (Å²) in [7, 11) is 0. The monoisotopic (exact) mass is 341 g/mol. The first kappa shape index (κ1) is 16.1. The molecule has 0 saturated carbocycles. The van der Waals surface area contributed by atoms with E-state index in [9.17, 15) is 18.0 Å². The fraction of sp³-hybridized carbons (Fsp3) is 0.462. The Hall–Kier alpha value is -2.72. The lowest BCUT2D eigenvalue weighted by Crippen LogP contribution is -2.36. The van der Waals surface area contributed by atoms with E-state index in [4.69, 9.17) is 0 Å². The van der Waals surface area contributed by atoms with E-state index in [1.165, 1.54) is 6.92 Å². The Bertz CT molecular complexity index is 771. The Balaban J connectivity index is 1.67. The first-order chi connectivity index (χ1) is 11.3. The van der Waals surface area contributed by atoms with Gasteiger partial charge in [0, 0.05) is 31.7 Å². The van der Waals surface area contributed by atoms with Gasteiger partial charge in [0.15, 0.2) is 0 Å². The second-order valence-corrected chi connectivity index (χ2v) is 5.24. The van der Waals surface area contributed by atoms with Gasteiger partial charge in [-0.2, -0.15) is 13.2 Å². The van der Waals surface area contributed by atoms with Gasteiger partial charge in [0.2, 0.25) is 11.8 Å². The molecule has 128 valence electrons. The number of nitrogens with one attached hydrogen (secondary N) is 2. The van der Waals surface area contributed by atoms with Crippen LogP contribution in [0.2, 0.25) is 0 Å². The Kier molecular flexibility index (Phi) is 4.08. The predicted octanol–water partition coefficient (Wildman–Crippen LogP) is 0.793. The summed E-state index contributed by atoms with van der Waals surface area (Å²) in [6.45, 7) is 2.78. The smallest absolute Gasteiger partial charge is 0.354 e. The average molecular weight is 341 g/mol. The number of hydrogen-bond donors (Lipinski definition) is 2. The third-order valence-electron chi connectivity index (χ3n) is 3.43. The SMILES string of the molecule is Cc1cc(C(F)(F)F)nc(NCCc2nnc3n2CCNC3=O)n1.